The Balaban J connectivity index is 2.05. The number of hydrogen-bond acceptors (Lipinski definition) is 3. The Hall–Kier alpha value is -1.94. The maximum absolute atomic E-state index is 11.1. The van der Waals surface area contributed by atoms with Crippen molar-refractivity contribution in [2.24, 2.45) is 0 Å². The molecule has 0 aliphatic carbocycles. The third kappa shape index (κ3) is 1.84. The van der Waals surface area contributed by atoms with Crippen LogP contribution in [0.4, 0.5) is 0 Å². The third-order valence-corrected chi connectivity index (χ3v) is 3.22. The molecule has 1 unspecified atom stereocenters. The molecule has 4 nitrogen and oxygen atoms in total. The summed E-state index contributed by atoms with van der Waals surface area (Å²) in [5.41, 5.74) is 1.97. The quantitative estimate of drug-likeness (QED) is 0.721. The van der Waals surface area contributed by atoms with Crippen molar-refractivity contribution in [2.75, 3.05) is 0 Å². The fourth-order valence-electron chi connectivity index (χ4n) is 1.87. The van der Waals surface area contributed by atoms with E-state index in [1.165, 1.54) is 0 Å². The van der Waals surface area contributed by atoms with Gasteiger partial charge in [-0.3, -0.25) is 4.98 Å². The monoisotopic (exact) mass is 263 g/mol. The molecule has 0 aliphatic heterocycles. The van der Waals surface area contributed by atoms with Crippen molar-refractivity contribution in [3.8, 4) is 0 Å². The number of furan rings is 1. The molecule has 2 heterocycles. The average molecular weight is 264 g/mol. The topological polar surface area (TPSA) is 59.1 Å². The van der Waals surface area contributed by atoms with Gasteiger partial charge < -0.3 is 8.83 Å². The summed E-state index contributed by atoms with van der Waals surface area (Å²) >= 11 is 6.33. The highest BCUT2D eigenvalue weighted by Crippen LogP contribution is 2.31. The number of rotatable bonds is 2. The van der Waals surface area contributed by atoms with Gasteiger partial charge in [0.05, 0.1) is 5.52 Å². The summed E-state index contributed by atoms with van der Waals surface area (Å²) in [4.78, 5) is 13.6. The lowest BCUT2D eigenvalue weighted by molar-refractivity contribution is 0.489. The largest absolute Gasteiger partial charge is 0.464 e. The van der Waals surface area contributed by atoms with Crippen LogP contribution < -0.4 is 5.76 Å². The van der Waals surface area contributed by atoms with Crippen molar-refractivity contribution < 1.29 is 8.83 Å². The van der Waals surface area contributed by atoms with Gasteiger partial charge in [0.2, 0.25) is 0 Å². The van der Waals surface area contributed by atoms with Crippen molar-refractivity contribution in [3.63, 3.8) is 0 Å². The van der Waals surface area contributed by atoms with E-state index in [9.17, 15) is 4.79 Å². The van der Waals surface area contributed by atoms with Gasteiger partial charge in [-0.25, -0.2) is 4.79 Å². The first-order valence-corrected chi connectivity index (χ1v) is 5.90. The number of oxazole rings is 1. The highest BCUT2D eigenvalue weighted by molar-refractivity contribution is 6.22. The van der Waals surface area contributed by atoms with E-state index in [2.05, 4.69) is 4.98 Å². The molecule has 0 radical (unpaired) electrons. The number of fused-ring (bicyclic) bond motifs is 1. The highest BCUT2D eigenvalue weighted by Gasteiger charge is 2.15. The number of alkyl halides is 1. The number of H-pyrrole nitrogens is 1. The Bertz CT molecular complexity index is 753. The molecule has 5 heteroatoms. The summed E-state index contributed by atoms with van der Waals surface area (Å²) in [5, 5.41) is -0.400. The predicted molar refractivity (Wildman–Crippen MR) is 68.0 cm³/mol. The Kier molecular flexibility index (Phi) is 2.52. The number of aromatic nitrogens is 1. The first-order valence-electron chi connectivity index (χ1n) is 5.46. The molecule has 0 aliphatic rings. The Morgan fingerprint density at radius 1 is 1.22 bits per heavy atom. The average Bonchev–Trinajstić information content (AvgIpc) is 2.92. The summed E-state index contributed by atoms with van der Waals surface area (Å²) in [7, 11) is 0. The van der Waals surface area contributed by atoms with Gasteiger partial charge in [-0.1, -0.05) is 6.07 Å². The molecular weight excluding hydrogens is 254 g/mol. The lowest BCUT2D eigenvalue weighted by Crippen LogP contribution is -1.92. The summed E-state index contributed by atoms with van der Waals surface area (Å²) < 4.78 is 10.5. The summed E-state index contributed by atoms with van der Waals surface area (Å²) in [6.07, 6.45) is 0. The van der Waals surface area contributed by atoms with E-state index >= 15 is 0 Å². The molecule has 0 spiro atoms. The van der Waals surface area contributed by atoms with Crippen LogP contribution >= 0.6 is 11.6 Å². The lowest BCUT2D eigenvalue weighted by Gasteiger charge is -2.06. The second kappa shape index (κ2) is 4.07. The van der Waals surface area contributed by atoms with Gasteiger partial charge in [-0.05, 0) is 36.8 Å². The molecule has 3 aromatic rings. The van der Waals surface area contributed by atoms with E-state index in [4.69, 9.17) is 20.4 Å². The number of aromatic amines is 1. The minimum absolute atomic E-state index is 0.400. The van der Waals surface area contributed by atoms with Crippen LogP contribution in [-0.2, 0) is 0 Å². The molecule has 18 heavy (non-hydrogen) atoms. The fraction of sp³-hybridized carbons (Fsp3) is 0.154. The summed E-state index contributed by atoms with van der Waals surface area (Å²) in [6, 6.07) is 9.04. The lowest BCUT2D eigenvalue weighted by atomic mass is 10.1. The van der Waals surface area contributed by atoms with Crippen molar-refractivity contribution in [1.82, 2.24) is 4.98 Å². The van der Waals surface area contributed by atoms with E-state index in [0.717, 1.165) is 11.3 Å². The van der Waals surface area contributed by atoms with E-state index in [0.29, 0.717) is 16.9 Å². The van der Waals surface area contributed by atoms with Crippen LogP contribution in [0.3, 0.4) is 0 Å². The first-order chi connectivity index (χ1) is 8.63. The fourth-order valence-corrected chi connectivity index (χ4v) is 2.13. The van der Waals surface area contributed by atoms with Gasteiger partial charge in [-0.15, -0.1) is 11.6 Å². The third-order valence-electron chi connectivity index (χ3n) is 2.75. The zero-order valence-electron chi connectivity index (χ0n) is 9.57. The van der Waals surface area contributed by atoms with E-state index in [1.54, 1.807) is 12.1 Å². The molecule has 0 saturated carbocycles. The zero-order chi connectivity index (χ0) is 12.7. The van der Waals surface area contributed by atoms with E-state index in [1.807, 2.05) is 25.1 Å². The molecule has 3 rings (SSSR count). The SMILES string of the molecule is Cc1ccc(C(Cl)c2ccc3[nH]c(=O)oc3c2)o1. The van der Waals surface area contributed by atoms with E-state index < -0.39 is 11.1 Å². The van der Waals surface area contributed by atoms with Gasteiger partial charge in [-0.2, -0.15) is 0 Å². The van der Waals surface area contributed by atoms with Gasteiger partial charge in [0, 0.05) is 0 Å². The number of nitrogens with one attached hydrogen (secondary N) is 1. The highest BCUT2D eigenvalue weighted by atomic mass is 35.5. The van der Waals surface area contributed by atoms with Gasteiger partial charge >= 0.3 is 5.76 Å². The number of halogens is 1. The first kappa shape index (κ1) is 11.2. The van der Waals surface area contributed by atoms with Crippen LogP contribution in [0.5, 0.6) is 0 Å². The molecule has 92 valence electrons. The molecule has 1 atom stereocenters. The van der Waals surface area contributed by atoms with Crippen molar-refractivity contribution in [2.45, 2.75) is 12.3 Å². The van der Waals surface area contributed by atoms with Crippen molar-refractivity contribution >= 4 is 22.7 Å². The zero-order valence-corrected chi connectivity index (χ0v) is 10.3. The van der Waals surface area contributed by atoms with Crippen LogP contribution in [0.25, 0.3) is 11.1 Å². The van der Waals surface area contributed by atoms with Crippen LogP contribution in [0.15, 0.2) is 44.0 Å². The smallest absolute Gasteiger partial charge is 0.417 e. The molecule has 0 amide bonds. The summed E-state index contributed by atoms with van der Waals surface area (Å²) in [6.45, 7) is 1.86. The Labute approximate surface area is 107 Å². The second-order valence-electron chi connectivity index (χ2n) is 4.08. The molecule has 0 bridgehead atoms. The second-order valence-corrected chi connectivity index (χ2v) is 4.52. The normalized spacial score (nSPS) is 13.0. The van der Waals surface area contributed by atoms with E-state index in [-0.39, 0.29) is 0 Å². The van der Waals surface area contributed by atoms with Crippen molar-refractivity contribution in [1.29, 1.82) is 0 Å². The minimum Gasteiger partial charge on any atom is -0.464 e. The van der Waals surface area contributed by atoms with Crippen LogP contribution in [0.2, 0.25) is 0 Å². The predicted octanol–water partition coefficient (Wildman–Crippen LogP) is 3.35. The number of benzene rings is 1. The van der Waals surface area contributed by atoms with Crippen LogP contribution in [0, 0.1) is 6.92 Å². The van der Waals surface area contributed by atoms with Gasteiger partial charge in [0.1, 0.15) is 16.9 Å². The summed E-state index contributed by atoms with van der Waals surface area (Å²) in [5.74, 6) is 1.01. The standard InChI is InChI=1S/C13H10ClNO3/c1-7-2-5-10(17-7)12(14)8-3-4-9-11(6-8)18-13(16)15-9/h2-6,12H,1H3,(H,15,16). The Morgan fingerprint density at radius 2 is 2.06 bits per heavy atom. The molecular formula is C13H10ClNO3. The molecule has 1 aromatic carbocycles. The maximum atomic E-state index is 11.1. The maximum Gasteiger partial charge on any atom is 0.417 e. The number of aryl methyl sites for hydroxylation is 1. The molecule has 2 aromatic heterocycles. The molecule has 0 fully saturated rings. The van der Waals surface area contributed by atoms with Gasteiger partial charge in [0.15, 0.2) is 5.58 Å². The van der Waals surface area contributed by atoms with Crippen LogP contribution in [0.1, 0.15) is 22.5 Å². The minimum atomic E-state index is -0.470. The van der Waals surface area contributed by atoms with Crippen molar-refractivity contribution in [3.05, 3.63) is 58.0 Å². The van der Waals surface area contributed by atoms with Crippen LogP contribution in [-0.4, -0.2) is 4.98 Å². The molecule has 1 N–H and O–H groups in total. The Morgan fingerprint density at radius 3 is 2.78 bits per heavy atom. The van der Waals surface area contributed by atoms with Gasteiger partial charge in [0.25, 0.3) is 0 Å². The molecule has 0 saturated heterocycles. The number of hydrogen-bond donors (Lipinski definition) is 1.